The second-order valence-electron chi connectivity index (χ2n) is 3.64. The summed E-state index contributed by atoms with van der Waals surface area (Å²) in [5.41, 5.74) is 0. The summed E-state index contributed by atoms with van der Waals surface area (Å²) in [5.74, 6) is 0. The highest BCUT2D eigenvalue weighted by Gasteiger charge is 2.08. The first-order valence-electron chi connectivity index (χ1n) is 5.20. The van der Waals surface area contributed by atoms with Crippen molar-refractivity contribution >= 4 is 23.2 Å². The molecule has 0 bridgehead atoms. The van der Waals surface area contributed by atoms with Crippen LogP contribution in [0.2, 0.25) is 0 Å². The summed E-state index contributed by atoms with van der Waals surface area (Å²) in [5, 5.41) is 1.56. The van der Waals surface area contributed by atoms with Gasteiger partial charge in [0.1, 0.15) is 0 Å². The number of allylic oxidation sites excluding steroid dienone is 2. The first kappa shape index (κ1) is 11.9. The molecule has 1 aliphatic heterocycles. The topological polar surface area (TPSA) is 3.24 Å². The molecule has 1 aliphatic rings. The van der Waals surface area contributed by atoms with Crippen molar-refractivity contribution in [3.8, 4) is 0 Å². The van der Waals surface area contributed by atoms with E-state index in [4.69, 9.17) is 23.2 Å². The van der Waals surface area contributed by atoms with Crippen molar-refractivity contribution < 1.29 is 0 Å². The smallest absolute Gasteiger partial charge is 0.0576 e. The van der Waals surface area contributed by atoms with E-state index in [-0.39, 0.29) is 0 Å². The third kappa shape index (κ3) is 4.39. The highest BCUT2D eigenvalue weighted by atomic mass is 35.5. The summed E-state index contributed by atoms with van der Waals surface area (Å²) >= 11 is 11.8. The SMILES string of the molecule is CCCCCCN1C=C(Cl)C=C(Cl)C1. The summed E-state index contributed by atoms with van der Waals surface area (Å²) < 4.78 is 0. The van der Waals surface area contributed by atoms with Gasteiger partial charge in [-0.25, -0.2) is 0 Å². The van der Waals surface area contributed by atoms with Gasteiger partial charge >= 0.3 is 0 Å². The van der Waals surface area contributed by atoms with Crippen LogP contribution in [0.1, 0.15) is 32.6 Å². The van der Waals surface area contributed by atoms with Crippen LogP contribution in [0, 0.1) is 0 Å². The zero-order valence-electron chi connectivity index (χ0n) is 8.60. The molecule has 14 heavy (non-hydrogen) atoms. The summed E-state index contributed by atoms with van der Waals surface area (Å²) in [4.78, 5) is 2.18. The molecule has 1 nitrogen and oxygen atoms in total. The molecule has 0 radical (unpaired) electrons. The van der Waals surface area contributed by atoms with E-state index in [0.717, 1.165) is 23.2 Å². The van der Waals surface area contributed by atoms with Crippen molar-refractivity contribution in [1.29, 1.82) is 0 Å². The molecule has 0 aromatic rings. The van der Waals surface area contributed by atoms with Crippen molar-refractivity contribution in [2.75, 3.05) is 13.1 Å². The van der Waals surface area contributed by atoms with Gasteiger partial charge in [-0.1, -0.05) is 49.4 Å². The Hall–Kier alpha value is -0.140. The van der Waals surface area contributed by atoms with Crippen LogP contribution in [0.15, 0.2) is 22.3 Å². The van der Waals surface area contributed by atoms with E-state index < -0.39 is 0 Å². The van der Waals surface area contributed by atoms with Gasteiger partial charge in [0.2, 0.25) is 0 Å². The molecule has 0 amide bonds. The molecule has 0 spiro atoms. The molecule has 0 saturated carbocycles. The Labute approximate surface area is 96.4 Å². The lowest BCUT2D eigenvalue weighted by Gasteiger charge is -2.23. The van der Waals surface area contributed by atoms with Crippen LogP contribution in [0.4, 0.5) is 0 Å². The monoisotopic (exact) mass is 233 g/mol. The number of halogens is 2. The first-order valence-corrected chi connectivity index (χ1v) is 5.95. The van der Waals surface area contributed by atoms with Gasteiger partial charge in [0.25, 0.3) is 0 Å². The van der Waals surface area contributed by atoms with E-state index in [2.05, 4.69) is 11.8 Å². The van der Waals surface area contributed by atoms with Gasteiger partial charge in [-0.2, -0.15) is 0 Å². The summed E-state index contributed by atoms with van der Waals surface area (Å²) in [7, 11) is 0. The third-order valence-electron chi connectivity index (χ3n) is 2.25. The number of hydrogen-bond acceptors (Lipinski definition) is 1. The fourth-order valence-electron chi connectivity index (χ4n) is 1.53. The lowest BCUT2D eigenvalue weighted by molar-refractivity contribution is 0.390. The van der Waals surface area contributed by atoms with Crippen molar-refractivity contribution in [2.45, 2.75) is 32.6 Å². The van der Waals surface area contributed by atoms with E-state index in [1.54, 1.807) is 0 Å². The van der Waals surface area contributed by atoms with E-state index in [1.807, 2.05) is 12.3 Å². The van der Waals surface area contributed by atoms with E-state index in [1.165, 1.54) is 25.7 Å². The molecule has 3 heteroatoms. The number of rotatable bonds is 5. The second kappa shape index (κ2) is 6.36. The normalized spacial score (nSPS) is 16.6. The quantitative estimate of drug-likeness (QED) is 0.647. The predicted molar refractivity (Wildman–Crippen MR) is 63.6 cm³/mol. The minimum Gasteiger partial charge on any atom is -0.371 e. The molecule has 0 atom stereocenters. The molecule has 0 fully saturated rings. The maximum absolute atomic E-state index is 5.94. The van der Waals surface area contributed by atoms with Crippen LogP contribution in [0.3, 0.4) is 0 Å². The highest BCUT2D eigenvalue weighted by Crippen LogP contribution is 2.19. The van der Waals surface area contributed by atoms with Gasteiger partial charge in [0.05, 0.1) is 11.6 Å². The van der Waals surface area contributed by atoms with Gasteiger partial charge in [-0.05, 0) is 12.5 Å². The second-order valence-corrected chi connectivity index (χ2v) is 4.56. The fraction of sp³-hybridized carbons (Fsp3) is 0.636. The van der Waals surface area contributed by atoms with Crippen LogP contribution in [-0.4, -0.2) is 18.0 Å². The summed E-state index contributed by atoms with van der Waals surface area (Å²) in [6.07, 6.45) is 8.88. The average molecular weight is 234 g/mol. The summed E-state index contributed by atoms with van der Waals surface area (Å²) in [6, 6.07) is 0. The molecule has 1 rings (SSSR count). The van der Waals surface area contributed by atoms with Crippen molar-refractivity contribution in [3.05, 3.63) is 22.3 Å². The van der Waals surface area contributed by atoms with Gasteiger partial charge < -0.3 is 4.90 Å². The predicted octanol–water partition coefficient (Wildman–Crippen LogP) is 4.09. The van der Waals surface area contributed by atoms with Crippen LogP contribution in [0.5, 0.6) is 0 Å². The van der Waals surface area contributed by atoms with Crippen molar-refractivity contribution in [1.82, 2.24) is 4.90 Å². The first-order chi connectivity index (χ1) is 6.72. The molecule has 80 valence electrons. The number of unbranched alkanes of at least 4 members (excludes halogenated alkanes) is 3. The lowest BCUT2D eigenvalue weighted by atomic mass is 10.2. The van der Waals surface area contributed by atoms with Crippen LogP contribution in [0.25, 0.3) is 0 Å². The molecule has 0 unspecified atom stereocenters. The largest absolute Gasteiger partial charge is 0.371 e. The van der Waals surface area contributed by atoms with E-state index in [9.17, 15) is 0 Å². The lowest BCUT2D eigenvalue weighted by Crippen LogP contribution is -2.22. The molecule has 0 aromatic carbocycles. The maximum atomic E-state index is 5.94. The highest BCUT2D eigenvalue weighted by molar-refractivity contribution is 6.35. The standard InChI is InChI=1S/C11H17Cl2N/c1-2-3-4-5-6-14-8-10(12)7-11(13)9-14/h7-8H,2-6,9H2,1H3. The Morgan fingerprint density at radius 3 is 2.71 bits per heavy atom. The van der Waals surface area contributed by atoms with Gasteiger partial charge in [0.15, 0.2) is 0 Å². The average Bonchev–Trinajstić information content (AvgIpc) is 2.11. The Morgan fingerprint density at radius 1 is 1.29 bits per heavy atom. The molecule has 0 saturated heterocycles. The number of hydrogen-bond donors (Lipinski definition) is 0. The van der Waals surface area contributed by atoms with Gasteiger partial charge in [-0.3, -0.25) is 0 Å². The Kier molecular flexibility index (Phi) is 5.42. The Bertz CT molecular complexity index is 233. The molecule has 0 N–H and O–H groups in total. The van der Waals surface area contributed by atoms with E-state index >= 15 is 0 Å². The number of nitrogens with zero attached hydrogens (tertiary/aromatic N) is 1. The van der Waals surface area contributed by atoms with Crippen molar-refractivity contribution in [2.24, 2.45) is 0 Å². The molecule has 1 heterocycles. The molecular formula is C11H17Cl2N. The Morgan fingerprint density at radius 2 is 2.07 bits per heavy atom. The zero-order valence-corrected chi connectivity index (χ0v) is 10.1. The van der Waals surface area contributed by atoms with Crippen LogP contribution < -0.4 is 0 Å². The van der Waals surface area contributed by atoms with Gasteiger partial charge in [0, 0.05) is 17.8 Å². The minimum absolute atomic E-state index is 0.733. The van der Waals surface area contributed by atoms with Crippen LogP contribution in [-0.2, 0) is 0 Å². The molecular weight excluding hydrogens is 217 g/mol. The molecule has 0 aliphatic carbocycles. The van der Waals surface area contributed by atoms with Crippen molar-refractivity contribution in [3.63, 3.8) is 0 Å². The molecule has 0 aromatic heterocycles. The zero-order chi connectivity index (χ0) is 10.4. The maximum Gasteiger partial charge on any atom is 0.0576 e. The summed E-state index contributed by atoms with van der Waals surface area (Å²) in [6.45, 7) is 4.08. The fourth-order valence-corrected chi connectivity index (χ4v) is 2.13. The third-order valence-corrected chi connectivity index (χ3v) is 2.69. The van der Waals surface area contributed by atoms with Gasteiger partial charge in [-0.15, -0.1) is 0 Å². The van der Waals surface area contributed by atoms with E-state index in [0.29, 0.717) is 0 Å². The van der Waals surface area contributed by atoms with Crippen LogP contribution >= 0.6 is 23.2 Å². The minimum atomic E-state index is 0.733. The Balaban J connectivity index is 2.23.